The van der Waals surface area contributed by atoms with Crippen molar-refractivity contribution in [3.05, 3.63) is 117 Å². The number of esters is 1. The van der Waals surface area contributed by atoms with Gasteiger partial charge in [0.1, 0.15) is 57.5 Å². The van der Waals surface area contributed by atoms with Crippen molar-refractivity contribution >= 4 is 91.1 Å². The van der Waals surface area contributed by atoms with Crippen LogP contribution in [0.3, 0.4) is 0 Å². The van der Waals surface area contributed by atoms with Gasteiger partial charge in [0.05, 0.1) is 43.2 Å². The third-order valence-electron chi connectivity index (χ3n) is 11.9. The molecule has 3 aromatic carbocycles. The summed E-state index contributed by atoms with van der Waals surface area (Å²) in [5, 5.41) is 20.2. The van der Waals surface area contributed by atoms with Crippen molar-refractivity contribution < 1.29 is 75.0 Å². The molecule has 85 heavy (non-hydrogen) atoms. The van der Waals surface area contributed by atoms with E-state index in [0.29, 0.717) is 40.8 Å². The first-order valence-electron chi connectivity index (χ1n) is 26.0. The Morgan fingerprint density at radius 3 is 2.07 bits per heavy atom. The average molecular weight is 1250 g/mol. The number of halogens is 1. The van der Waals surface area contributed by atoms with Gasteiger partial charge in [-0.2, -0.15) is 13.5 Å². The monoisotopic (exact) mass is 1250 g/mol. The van der Waals surface area contributed by atoms with Crippen LogP contribution in [0.25, 0.3) is 10.6 Å². The van der Waals surface area contributed by atoms with Gasteiger partial charge in [0.25, 0.3) is 23.6 Å². The van der Waals surface area contributed by atoms with Gasteiger partial charge in [-0.05, 0) is 109 Å². The second-order valence-corrected chi connectivity index (χ2v) is 24.8. The van der Waals surface area contributed by atoms with E-state index < -0.39 is 87.1 Å². The van der Waals surface area contributed by atoms with Crippen molar-refractivity contribution in [1.29, 1.82) is 0 Å². The number of carbonyl (C=O) groups is 6. The number of ether oxygens (including phenoxy) is 6. The van der Waals surface area contributed by atoms with Gasteiger partial charge in [-0.25, -0.2) is 23.9 Å². The lowest BCUT2D eigenvalue weighted by Crippen LogP contribution is -2.74. The molecule has 0 unspecified atom stereocenters. The second kappa shape index (κ2) is 27.1. The van der Waals surface area contributed by atoms with E-state index in [1.165, 1.54) is 31.6 Å². The van der Waals surface area contributed by atoms with Crippen LogP contribution in [0.15, 0.2) is 89.8 Å². The number of thiazole rings is 2. The number of oxime groups is 1. The molecule has 1 aliphatic heterocycles. The Hall–Kier alpha value is -8.38. The van der Waals surface area contributed by atoms with Gasteiger partial charge < -0.3 is 49.2 Å². The zero-order valence-electron chi connectivity index (χ0n) is 47.8. The fraction of sp³-hybridized carbons (Fsp3) is 0.382. The van der Waals surface area contributed by atoms with Gasteiger partial charge in [0.15, 0.2) is 22.3 Å². The summed E-state index contributed by atoms with van der Waals surface area (Å²) in [6.45, 7) is 12.8. The van der Waals surface area contributed by atoms with Crippen LogP contribution >= 0.6 is 34.3 Å². The predicted octanol–water partition coefficient (Wildman–Crippen LogP) is 7.23. The fourth-order valence-corrected chi connectivity index (χ4v) is 10.3. The van der Waals surface area contributed by atoms with Crippen molar-refractivity contribution in [2.45, 2.75) is 110 Å². The smallest absolute Gasteiger partial charge is 0.413 e. The number of methoxy groups -OCH3 is 2. The number of nitrogens with one attached hydrogen (secondary N) is 4. The van der Waals surface area contributed by atoms with Gasteiger partial charge in [0, 0.05) is 36.8 Å². The molecule has 26 nitrogen and oxygen atoms in total. The van der Waals surface area contributed by atoms with E-state index in [9.17, 15) is 41.7 Å². The largest absolute Gasteiger partial charge is 0.497 e. The number of anilines is 1. The number of benzene rings is 3. The van der Waals surface area contributed by atoms with E-state index in [2.05, 4.69) is 41.5 Å². The summed E-state index contributed by atoms with van der Waals surface area (Å²) in [6.07, 6.45) is 4.08. The van der Waals surface area contributed by atoms with E-state index in [-0.39, 0.29) is 56.1 Å². The van der Waals surface area contributed by atoms with Crippen LogP contribution in [-0.2, 0) is 58.8 Å². The van der Waals surface area contributed by atoms with Crippen LogP contribution in [0.2, 0.25) is 5.02 Å². The Balaban J connectivity index is 0.963. The van der Waals surface area contributed by atoms with Crippen LogP contribution < -0.4 is 40.2 Å². The summed E-state index contributed by atoms with van der Waals surface area (Å²) in [5.74, 6) is -2.59. The van der Waals surface area contributed by atoms with E-state index >= 15 is 0 Å². The van der Waals surface area contributed by atoms with Gasteiger partial charge in [-0.15, -0.1) is 22.7 Å². The van der Waals surface area contributed by atoms with Gasteiger partial charge in [-0.3, -0.25) is 33.7 Å². The third-order valence-corrected chi connectivity index (χ3v) is 15.0. The highest BCUT2D eigenvalue weighted by Gasteiger charge is 2.54. The molecule has 7 rings (SSSR count). The Morgan fingerprint density at radius 2 is 1.46 bits per heavy atom. The molecule has 454 valence electrons. The molecule has 30 heteroatoms. The van der Waals surface area contributed by atoms with E-state index in [0.717, 1.165) is 33.8 Å². The highest BCUT2D eigenvalue weighted by molar-refractivity contribution is 7.84. The zero-order valence-corrected chi connectivity index (χ0v) is 51.0. The quantitative estimate of drug-likeness (QED) is 0.00942. The zero-order chi connectivity index (χ0) is 62.0. The SMILES string of the molecule is COc1ccc(COc2ccc(C(=O)NCCCn3cc(-c4ncc(C(=O)NC[C@@H]5[C@H](NC(=O)/C(=N\OC(C)(C)C(=O)OC(C)(C)C)c6csc(NC(=O)OC(C)(C)C)n6)C(=O)N5S(=O)(=O)O)s4)cn3)c(Cl)c2OCc2ccc(OC)cc2)cc1. The Bertz CT molecular complexity index is 3560. The molecule has 1 saturated heterocycles. The number of hydrogen-bond donors (Lipinski definition) is 5. The lowest BCUT2D eigenvalue weighted by molar-refractivity contribution is -0.179. The molecule has 5 N–H and O–H groups in total. The van der Waals surface area contributed by atoms with Gasteiger partial charge in [-0.1, -0.05) is 41.0 Å². The van der Waals surface area contributed by atoms with Crippen LogP contribution in [0.4, 0.5) is 9.93 Å². The first-order chi connectivity index (χ1) is 40.0. The summed E-state index contributed by atoms with van der Waals surface area (Å²) in [6, 6.07) is 14.6. The maximum absolute atomic E-state index is 14.0. The number of nitrogens with zero attached hydrogens (tertiary/aromatic N) is 6. The van der Waals surface area contributed by atoms with Crippen LogP contribution in [-0.4, -0.2) is 135 Å². The van der Waals surface area contributed by atoms with Crippen molar-refractivity contribution in [3.8, 4) is 33.6 Å². The Kier molecular flexibility index (Phi) is 20.5. The van der Waals surface area contributed by atoms with Crippen LogP contribution in [0, 0.1) is 0 Å². The van der Waals surface area contributed by atoms with E-state index in [1.54, 1.807) is 90.9 Å². The maximum Gasteiger partial charge on any atom is 0.413 e. The molecule has 0 spiro atoms. The summed E-state index contributed by atoms with van der Waals surface area (Å²) in [5.41, 5.74) is -2.03. The van der Waals surface area contributed by atoms with Crippen molar-refractivity contribution in [1.82, 2.24) is 40.0 Å². The number of aryl methyl sites for hydroxylation is 1. The molecule has 1 aliphatic rings. The molecule has 2 atom stereocenters. The lowest BCUT2D eigenvalue weighted by Gasteiger charge is -2.44. The highest BCUT2D eigenvalue weighted by atomic mass is 35.5. The predicted molar refractivity (Wildman–Crippen MR) is 312 cm³/mol. The molecular weight excluding hydrogens is 1190 g/mol. The lowest BCUT2D eigenvalue weighted by atomic mass is 9.98. The molecule has 0 radical (unpaired) electrons. The second-order valence-electron chi connectivity index (χ2n) is 21.2. The van der Waals surface area contributed by atoms with E-state index in [4.69, 9.17) is 44.9 Å². The molecular formula is C55H63ClN10O16S3. The summed E-state index contributed by atoms with van der Waals surface area (Å²) < 4.78 is 70.1. The minimum atomic E-state index is -5.22. The normalized spacial score (nSPS) is 14.6. The Labute approximate surface area is 502 Å². The summed E-state index contributed by atoms with van der Waals surface area (Å²) in [4.78, 5) is 94.1. The minimum Gasteiger partial charge on any atom is -0.497 e. The number of β-lactam (4-membered cyclic amide) rings is 1. The van der Waals surface area contributed by atoms with Gasteiger partial charge in [0.2, 0.25) is 5.60 Å². The standard InChI is InChI=1S/C55H63ClN10O16S3/c1-53(2,3)80-50(71)55(7,8)82-64-42(37-30-83-51(61-37)63-52(72)81-54(4,5)6)47(69)62-43-38(66(49(43)70)85(73,74)75)25-58-46(68)40-26-59-48(84-40)33-24-60-65(27-33)23-11-22-57-45(67)36-20-21-39(78-28-31-12-16-34(76-9)17-13-31)44(41(36)56)79-29-32-14-18-35(77-10)19-15-32/h12-21,24,26-27,30,38,43H,11,22-23,25,28-29H2,1-10H3,(H,57,67)(H,58,68)(H,62,69)(H,61,63,72)(H,73,74,75)/b64-42-/t38-,43+/m1/s1. The number of amides is 5. The molecule has 0 bridgehead atoms. The summed E-state index contributed by atoms with van der Waals surface area (Å²) in [7, 11) is -2.07. The molecule has 3 aromatic heterocycles. The highest BCUT2D eigenvalue weighted by Crippen LogP contribution is 2.39. The first kappa shape index (κ1) is 64.2. The average Bonchev–Trinajstić information content (AvgIpc) is 1.62. The molecule has 0 aliphatic carbocycles. The van der Waals surface area contributed by atoms with Crippen LogP contribution in [0.1, 0.15) is 98.7 Å². The van der Waals surface area contributed by atoms with Crippen LogP contribution in [0.5, 0.6) is 23.0 Å². The fourth-order valence-electron chi connectivity index (χ4n) is 7.66. The summed E-state index contributed by atoms with van der Waals surface area (Å²) >= 11 is 8.70. The third kappa shape index (κ3) is 17.4. The number of aromatic nitrogens is 4. The van der Waals surface area contributed by atoms with Crippen molar-refractivity contribution in [2.24, 2.45) is 5.16 Å². The van der Waals surface area contributed by atoms with Crippen molar-refractivity contribution in [2.75, 3.05) is 32.6 Å². The van der Waals surface area contributed by atoms with Gasteiger partial charge >= 0.3 is 22.4 Å². The maximum atomic E-state index is 14.0. The topological polar surface area (TPSA) is 329 Å². The number of carbonyl (C=O) groups excluding carboxylic acids is 6. The van der Waals surface area contributed by atoms with Crippen molar-refractivity contribution in [3.63, 3.8) is 0 Å². The molecule has 0 saturated carbocycles. The first-order valence-corrected chi connectivity index (χ1v) is 29.5. The molecule has 5 amide bonds. The number of rotatable bonds is 25. The van der Waals surface area contributed by atoms with E-state index in [1.807, 2.05) is 36.4 Å². The molecule has 6 aromatic rings. The number of hydrogen-bond acceptors (Lipinski definition) is 21. The molecule has 4 heterocycles. The molecule has 1 fully saturated rings. The minimum absolute atomic E-state index is 0.0461. The Morgan fingerprint density at radius 1 is 0.824 bits per heavy atom.